The molecule has 58 valence electrons. The van der Waals surface area contributed by atoms with E-state index in [2.05, 4.69) is 11.6 Å². The van der Waals surface area contributed by atoms with E-state index in [1.54, 1.807) is 6.21 Å². The van der Waals surface area contributed by atoms with Crippen molar-refractivity contribution in [3.05, 3.63) is 12.3 Å². The molecule has 0 bridgehead atoms. The van der Waals surface area contributed by atoms with Gasteiger partial charge >= 0.3 is 0 Å². The van der Waals surface area contributed by atoms with Crippen LogP contribution in [-0.2, 0) is 4.74 Å². The van der Waals surface area contributed by atoms with Crippen LogP contribution in [0, 0.1) is 0 Å². The molecule has 0 amide bonds. The number of allylic oxidation sites excluding steroid dienone is 1. The highest BCUT2D eigenvalue weighted by molar-refractivity contribution is 5.74. The summed E-state index contributed by atoms with van der Waals surface area (Å²) in [6.45, 7) is 7.34. The SMILES string of the molecule is C=C(C=NCCN)OCC. The molecule has 0 saturated carbocycles. The molecule has 0 unspecified atom stereocenters. The monoisotopic (exact) mass is 142 g/mol. The van der Waals surface area contributed by atoms with Gasteiger partial charge < -0.3 is 10.5 Å². The van der Waals surface area contributed by atoms with Gasteiger partial charge in [0.2, 0.25) is 0 Å². The van der Waals surface area contributed by atoms with Crippen molar-refractivity contribution in [2.45, 2.75) is 6.92 Å². The Morgan fingerprint density at radius 3 is 3.00 bits per heavy atom. The molecule has 10 heavy (non-hydrogen) atoms. The summed E-state index contributed by atoms with van der Waals surface area (Å²) >= 11 is 0. The molecule has 0 rings (SSSR count). The molecule has 2 N–H and O–H groups in total. The Morgan fingerprint density at radius 1 is 1.80 bits per heavy atom. The lowest BCUT2D eigenvalue weighted by Gasteiger charge is -1.98. The van der Waals surface area contributed by atoms with Crippen molar-refractivity contribution < 1.29 is 4.74 Å². The zero-order chi connectivity index (χ0) is 7.82. The number of nitrogens with two attached hydrogens (primary N) is 1. The third kappa shape index (κ3) is 5.31. The smallest absolute Gasteiger partial charge is 0.129 e. The molecule has 0 aromatic heterocycles. The highest BCUT2D eigenvalue weighted by Gasteiger charge is 1.83. The Balaban J connectivity index is 3.36. The number of aliphatic imine (C=N–C) groups is 1. The lowest BCUT2D eigenvalue weighted by molar-refractivity contribution is 0.253. The second kappa shape index (κ2) is 6.29. The first-order valence-electron chi connectivity index (χ1n) is 3.32. The third-order valence-electron chi connectivity index (χ3n) is 0.823. The summed E-state index contributed by atoms with van der Waals surface area (Å²) < 4.78 is 5.00. The van der Waals surface area contributed by atoms with Gasteiger partial charge in [0.1, 0.15) is 5.76 Å². The molecule has 0 aromatic rings. The summed E-state index contributed by atoms with van der Waals surface area (Å²) in [5, 5.41) is 0. The summed E-state index contributed by atoms with van der Waals surface area (Å²) in [6, 6.07) is 0. The standard InChI is InChI=1S/C7H14N2O/c1-3-10-7(2)6-9-5-4-8/h6H,2-5,8H2,1H3. The van der Waals surface area contributed by atoms with Crippen LogP contribution < -0.4 is 5.73 Å². The number of ether oxygens (including phenoxy) is 1. The third-order valence-corrected chi connectivity index (χ3v) is 0.823. The van der Waals surface area contributed by atoms with E-state index in [0.717, 1.165) is 0 Å². The predicted molar refractivity (Wildman–Crippen MR) is 43.2 cm³/mol. The van der Waals surface area contributed by atoms with Crippen molar-refractivity contribution in [2.75, 3.05) is 19.7 Å². The van der Waals surface area contributed by atoms with E-state index in [9.17, 15) is 0 Å². The van der Waals surface area contributed by atoms with Crippen molar-refractivity contribution in [2.24, 2.45) is 10.7 Å². The van der Waals surface area contributed by atoms with E-state index in [-0.39, 0.29) is 0 Å². The second-order valence-electron chi connectivity index (χ2n) is 1.72. The van der Waals surface area contributed by atoms with Crippen molar-refractivity contribution >= 4 is 6.21 Å². The summed E-state index contributed by atoms with van der Waals surface area (Å²) in [6.07, 6.45) is 1.59. The van der Waals surface area contributed by atoms with Gasteiger partial charge in [0.25, 0.3) is 0 Å². The predicted octanol–water partition coefficient (Wildman–Crippen LogP) is 0.566. The van der Waals surface area contributed by atoms with E-state index in [4.69, 9.17) is 10.5 Å². The van der Waals surface area contributed by atoms with Crippen LogP contribution in [0.1, 0.15) is 6.92 Å². The Hall–Kier alpha value is -0.830. The average molecular weight is 142 g/mol. The van der Waals surface area contributed by atoms with E-state index in [1.807, 2.05) is 6.92 Å². The number of hydrogen-bond donors (Lipinski definition) is 1. The van der Waals surface area contributed by atoms with Gasteiger partial charge in [-0.15, -0.1) is 0 Å². The molecule has 0 aliphatic heterocycles. The minimum Gasteiger partial charge on any atom is -0.493 e. The minimum atomic E-state index is 0.565. The highest BCUT2D eigenvalue weighted by Crippen LogP contribution is 1.86. The first-order valence-corrected chi connectivity index (χ1v) is 3.32. The van der Waals surface area contributed by atoms with Gasteiger partial charge in [0.05, 0.1) is 19.4 Å². The van der Waals surface area contributed by atoms with E-state index in [1.165, 1.54) is 0 Å². The molecule has 3 nitrogen and oxygen atoms in total. The molecule has 0 aliphatic rings. The molecular formula is C7H14N2O. The molecule has 0 radical (unpaired) electrons. The zero-order valence-corrected chi connectivity index (χ0v) is 6.34. The summed E-state index contributed by atoms with van der Waals surface area (Å²) in [7, 11) is 0. The Labute approximate surface area is 61.6 Å². The molecular weight excluding hydrogens is 128 g/mol. The second-order valence-corrected chi connectivity index (χ2v) is 1.72. The van der Waals surface area contributed by atoms with Crippen LogP contribution in [0.3, 0.4) is 0 Å². The lowest BCUT2D eigenvalue weighted by atomic mass is 10.6. The van der Waals surface area contributed by atoms with Crippen molar-refractivity contribution in [3.63, 3.8) is 0 Å². The van der Waals surface area contributed by atoms with Gasteiger partial charge in [-0.25, -0.2) is 0 Å². The molecule has 0 fully saturated rings. The zero-order valence-electron chi connectivity index (χ0n) is 6.34. The van der Waals surface area contributed by atoms with E-state index >= 15 is 0 Å². The summed E-state index contributed by atoms with van der Waals surface area (Å²) in [5.41, 5.74) is 5.20. The summed E-state index contributed by atoms with van der Waals surface area (Å²) in [4.78, 5) is 3.93. The minimum absolute atomic E-state index is 0.565. The fourth-order valence-corrected chi connectivity index (χ4v) is 0.464. The fourth-order valence-electron chi connectivity index (χ4n) is 0.464. The van der Waals surface area contributed by atoms with Crippen LogP contribution in [0.2, 0.25) is 0 Å². The largest absolute Gasteiger partial charge is 0.493 e. The molecule has 0 saturated heterocycles. The van der Waals surface area contributed by atoms with Crippen LogP contribution in [0.5, 0.6) is 0 Å². The van der Waals surface area contributed by atoms with Crippen molar-refractivity contribution in [1.82, 2.24) is 0 Å². The molecule has 0 aliphatic carbocycles. The molecule has 0 aromatic carbocycles. The van der Waals surface area contributed by atoms with Crippen molar-refractivity contribution in [3.8, 4) is 0 Å². The summed E-state index contributed by atoms with van der Waals surface area (Å²) in [5.74, 6) is 0.593. The average Bonchev–Trinajstić information content (AvgIpc) is 1.89. The quantitative estimate of drug-likeness (QED) is 0.450. The molecule has 0 atom stereocenters. The number of hydrogen-bond acceptors (Lipinski definition) is 3. The maximum Gasteiger partial charge on any atom is 0.129 e. The molecule has 0 heterocycles. The van der Waals surface area contributed by atoms with E-state index in [0.29, 0.717) is 25.5 Å². The normalized spacial score (nSPS) is 10.2. The number of rotatable bonds is 5. The van der Waals surface area contributed by atoms with Gasteiger partial charge in [-0.1, -0.05) is 6.58 Å². The lowest BCUT2D eigenvalue weighted by Crippen LogP contribution is -2.02. The Morgan fingerprint density at radius 2 is 2.50 bits per heavy atom. The fraction of sp³-hybridized carbons (Fsp3) is 0.571. The van der Waals surface area contributed by atoms with E-state index < -0.39 is 0 Å². The maximum atomic E-state index is 5.20. The topological polar surface area (TPSA) is 47.6 Å². The Bertz CT molecular complexity index is 121. The van der Waals surface area contributed by atoms with Crippen LogP contribution in [0.25, 0.3) is 0 Å². The Kier molecular flexibility index (Phi) is 5.77. The van der Waals surface area contributed by atoms with Gasteiger partial charge in [-0.2, -0.15) is 0 Å². The van der Waals surface area contributed by atoms with Crippen LogP contribution in [0.15, 0.2) is 17.3 Å². The van der Waals surface area contributed by atoms with Crippen molar-refractivity contribution in [1.29, 1.82) is 0 Å². The van der Waals surface area contributed by atoms with Crippen LogP contribution >= 0.6 is 0 Å². The maximum absolute atomic E-state index is 5.20. The first kappa shape index (κ1) is 9.17. The van der Waals surface area contributed by atoms with Gasteiger partial charge in [0.15, 0.2) is 0 Å². The van der Waals surface area contributed by atoms with Gasteiger partial charge in [0, 0.05) is 6.54 Å². The highest BCUT2D eigenvalue weighted by atomic mass is 16.5. The van der Waals surface area contributed by atoms with Crippen LogP contribution in [0.4, 0.5) is 0 Å². The van der Waals surface area contributed by atoms with Gasteiger partial charge in [-0.3, -0.25) is 4.99 Å². The first-order chi connectivity index (χ1) is 4.81. The molecule has 3 heteroatoms. The van der Waals surface area contributed by atoms with Gasteiger partial charge in [-0.05, 0) is 6.92 Å². The number of nitrogens with zero attached hydrogens (tertiary/aromatic N) is 1. The van der Waals surface area contributed by atoms with Crippen LogP contribution in [-0.4, -0.2) is 25.9 Å². The molecule has 0 spiro atoms.